The second-order valence-corrected chi connectivity index (χ2v) is 9.73. The van der Waals surface area contributed by atoms with Gasteiger partial charge in [0.25, 0.3) is 0 Å². The summed E-state index contributed by atoms with van der Waals surface area (Å²) in [5.74, 6) is 0.728. The summed E-state index contributed by atoms with van der Waals surface area (Å²) in [5.41, 5.74) is 5.37. The lowest BCUT2D eigenvalue weighted by Gasteiger charge is -2.16. The second-order valence-electron chi connectivity index (χ2n) is 7.82. The van der Waals surface area contributed by atoms with Crippen molar-refractivity contribution in [2.24, 2.45) is 4.40 Å². The smallest absolute Gasteiger partial charge is 0.160 e. The molecule has 1 atom stereocenters. The molecular weight excluding hydrogens is 368 g/mol. The Morgan fingerprint density at radius 2 is 1.61 bits per heavy atom. The molecule has 0 saturated carbocycles. The molecule has 1 aromatic carbocycles. The van der Waals surface area contributed by atoms with Crippen molar-refractivity contribution in [3.8, 4) is 17.1 Å². The zero-order chi connectivity index (χ0) is 20.5. The number of rotatable bonds is 4. The van der Waals surface area contributed by atoms with E-state index < -0.39 is 15.7 Å². The number of hydrogen-bond donors (Lipinski definition) is 0. The van der Waals surface area contributed by atoms with E-state index in [0.29, 0.717) is 5.71 Å². The molecule has 0 unspecified atom stereocenters. The monoisotopic (exact) mass is 394 g/mol. The van der Waals surface area contributed by atoms with Crippen molar-refractivity contribution < 1.29 is 4.21 Å². The van der Waals surface area contributed by atoms with Crippen LogP contribution in [0.5, 0.6) is 0 Å². The van der Waals surface area contributed by atoms with Gasteiger partial charge in [-0.15, -0.1) is 10.2 Å². The van der Waals surface area contributed by atoms with Gasteiger partial charge >= 0.3 is 0 Å². The summed E-state index contributed by atoms with van der Waals surface area (Å²) in [5, 5.41) is 9.00. The lowest BCUT2D eigenvalue weighted by Crippen LogP contribution is -2.21. The molecule has 0 aliphatic heterocycles. The SMILES string of the molecule is CC(=N[S@](=O)C(C)(C)C)c1cc(-n2c(C)ccc2C)nnc1-c1ccccc1. The molecule has 6 heteroatoms. The molecule has 0 spiro atoms. The quantitative estimate of drug-likeness (QED) is 0.596. The van der Waals surface area contributed by atoms with Gasteiger partial charge in [0.1, 0.15) is 16.7 Å². The van der Waals surface area contributed by atoms with E-state index in [0.717, 1.165) is 34.0 Å². The summed E-state index contributed by atoms with van der Waals surface area (Å²) in [6.07, 6.45) is 0. The van der Waals surface area contributed by atoms with Crippen LogP contribution in [-0.4, -0.2) is 29.4 Å². The zero-order valence-corrected chi connectivity index (χ0v) is 18.0. The standard InChI is InChI=1S/C22H26N4OS/c1-15-12-13-16(2)26(15)20-14-19(17(3)25-28(27)22(4,5)6)21(24-23-20)18-10-8-7-9-11-18/h7-14H,1-6H3/t28-/m1/s1. The van der Waals surface area contributed by atoms with Crippen molar-refractivity contribution in [3.05, 3.63) is 65.5 Å². The molecule has 3 aromatic rings. The normalized spacial score (nSPS) is 13.6. The molecular formula is C22H26N4OS. The Kier molecular flexibility index (Phi) is 5.61. The molecule has 0 fully saturated rings. The highest BCUT2D eigenvalue weighted by molar-refractivity contribution is 7.85. The van der Waals surface area contributed by atoms with Crippen molar-refractivity contribution in [2.75, 3.05) is 0 Å². The van der Waals surface area contributed by atoms with Crippen LogP contribution in [0.4, 0.5) is 0 Å². The lowest BCUT2D eigenvalue weighted by molar-refractivity contribution is 0.650. The van der Waals surface area contributed by atoms with Gasteiger partial charge in [0, 0.05) is 22.5 Å². The number of hydrogen-bond acceptors (Lipinski definition) is 3. The average Bonchev–Trinajstić information content (AvgIpc) is 2.99. The van der Waals surface area contributed by atoms with Crippen molar-refractivity contribution in [3.63, 3.8) is 0 Å². The summed E-state index contributed by atoms with van der Waals surface area (Å²) in [6.45, 7) is 11.7. The van der Waals surface area contributed by atoms with Gasteiger partial charge in [0.15, 0.2) is 5.82 Å². The molecule has 146 valence electrons. The molecule has 2 heterocycles. The number of aryl methyl sites for hydroxylation is 2. The van der Waals surface area contributed by atoms with Gasteiger partial charge in [-0.3, -0.25) is 0 Å². The van der Waals surface area contributed by atoms with E-state index in [1.807, 2.05) is 77.9 Å². The van der Waals surface area contributed by atoms with Crippen LogP contribution in [0.15, 0.2) is 52.9 Å². The maximum Gasteiger partial charge on any atom is 0.160 e. The minimum absolute atomic E-state index is 0.426. The van der Waals surface area contributed by atoms with E-state index in [9.17, 15) is 4.21 Å². The number of benzene rings is 1. The van der Waals surface area contributed by atoms with E-state index in [-0.39, 0.29) is 0 Å². The van der Waals surface area contributed by atoms with Gasteiger partial charge < -0.3 is 4.57 Å². The Hall–Kier alpha value is -2.60. The third-order valence-corrected chi connectivity index (χ3v) is 5.95. The van der Waals surface area contributed by atoms with Crippen molar-refractivity contribution in [1.82, 2.24) is 14.8 Å². The fourth-order valence-electron chi connectivity index (χ4n) is 2.92. The Bertz CT molecular complexity index is 1030. The third kappa shape index (κ3) is 4.12. The van der Waals surface area contributed by atoms with E-state index in [1.54, 1.807) is 0 Å². The van der Waals surface area contributed by atoms with Crippen LogP contribution in [0.25, 0.3) is 17.1 Å². The van der Waals surface area contributed by atoms with Crippen LogP contribution in [-0.2, 0) is 11.0 Å². The molecule has 5 nitrogen and oxygen atoms in total. The van der Waals surface area contributed by atoms with Gasteiger partial charge in [-0.1, -0.05) is 30.3 Å². The Morgan fingerprint density at radius 1 is 1.00 bits per heavy atom. The van der Waals surface area contributed by atoms with E-state index in [1.165, 1.54) is 0 Å². The second kappa shape index (κ2) is 7.80. The van der Waals surface area contributed by atoms with Crippen LogP contribution >= 0.6 is 0 Å². The molecule has 0 saturated heterocycles. The predicted octanol–water partition coefficient (Wildman–Crippen LogP) is 4.82. The summed E-state index contributed by atoms with van der Waals surface area (Å²) < 4.78 is 18.7. The fourth-order valence-corrected chi connectivity index (χ4v) is 3.54. The third-order valence-electron chi connectivity index (χ3n) is 4.46. The Morgan fingerprint density at radius 3 is 2.18 bits per heavy atom. The molecule has 0 bridgehead atoms. The molecule has 0 amide bonds. The average molecular weight is 395 g/mol. The highest BCUT2D eigenvalue weighted by Gasteiger charge is 2.21. The summed E-state index contributed by atoms with van der Waals surface area (Å²) in [4.78, 5) is 0. The van der Waals surface area contributed by atoms with E-state index >= 15 is 0 Å². The van der Waals surface area contributed by atoms with E-state index in [2.05, 4.69) is 31.3 Å². The first-order valence-corrected chi connectivity index (χ1v) is 10.4. The molecule has 0 aliphatic carbocycles. The van der Waals surface area contributed by atoms with Gasteiger partial charge in [-0.2, -0.15) is 4.40 Å². The molecule has 2 aromatic heterocycles. The summed E-state index contributed by atoms with van der Waals surface area (Å²) in [7, 11) is -1.35. The van der Waals surface area contributed by atoms with Crippen LogP contribution in [0.1, 0.15) is 44.6 Å². The van der Waals surface area contributed by atoms with Gasteiger partial charge in [-0.05, 0) is 59.7 Å². The van der Waals surface area contributed by atoms with Gasteiger partial charge in [-0.25, -0.2) is 4.21 Å². The van der Waals surface area contributed by atoms with Crippen LogP contribution < -0.4 is 0 Å². The fraction of sp³-hybridized carbons (Fsp3) is 0.318. The van der Waals surface area contributed by atoms with Crippen LogP contribution in [0.2, 0.25) is 0 Å². The largest absolute Gasteiger partial charge is 0.302 e. The van der Waals surface area contributed by atoms with Crippen molar-refractivity contribution >= 4 is 16.7 Å². The number of aromatic nitrogens is 3. The molecule has 0 N–H and O–H groups in total. The minimum Gasteiger partial charge on any atom is -0.302 e. The first kappa shape index (κ1) is 20.1. The van der Waals surface area contributed by atoms with Gasteiger partial charge in [0.05, 0.1) is 10.5 Å². The first-order valence-electron chi connectivity index (χ1n) is 9.24. The topological polar surface area (TPSA) is 60.1 Å². The summed E-state index contributed by atoms with van der Waals surface area (Å²) >= 11 is 0. The minimum atomic E-state index is -1.35. The highest BCUT2D eigenvalue weighted by atomic mass is 32.2. The van der Waals surface area contributed by atoms with Crippen molar-refractivity contribution in [1.29, 1.82) is 0 Å². The molecule has 3 rings (SSSR count). The molecule has 0 aliphatic rings. The van der Waals surface area contributed by atoms with E-state index in [4.69, 9.17) is 0 Å². The highest BCUT2D eigenvalue weighted by Crippen LogP contribution is 2.25. The Labute approximate surface area is 169 Å². The first-order chi connectivity index (χ1) is 13.2. The maximum absolute atomic E-state index is 12.6. The lowest BCUT2D eigenvalue weighted by atomic mass is 10.0. The van der Waals surface area contributed by atoms with Crippen LogP contribution in [0.3, 0.4) is 0 Å². The van der Waals surface area contributed by atoms with Gasteiger partial charge in [0.2, 0.25) is 0 Å². The van der Waals surface area contributed by atoms with Crippen molar-refractivity contribution in [2.45, 2.75) is 46.3 Å². The molecule has 28 heavy (non-hydrogen) atoms. The summed E-state index contributed by atoms with van der Waals surface area (Å²) in [6, 6.07) is 16.0. The predicted molar refractivity (Wildman–Crippen MR) is 116 cm³/mol. The number of nitrogens with zero attached hydrogens (tertiary/aromatic N) is 4. The Balaban J connectivity index is 2.20. The zero-order valence-electron chi connectivity index (χ0n) is 17.2. The molecule has 0 radical (unpaired) electrons. The maximum atomic E-state index is 12.6. The van der Waals surface area contributed by atoms with Crippen LogP contribution in [0, 0.1) is 13.8 Å².